The van der Waals surface area contributed by atoms with Crippen LogP contribution in [-0.4, -0.2) is 53.7 Å². The molecule has 0 atom stereocenters. The quantitative estimate of drug-likeness (QED) is 0.527. The van der Waals surface area contributed by atoms with Crippen molar-refractivity contribution in [2.24, 2.45) is 0 Å². The zero-order valence-electron chi connectivity index (χ0n) is 13.0. The van der Waals surface area contributed by atoms with Gasteiger partial charge in [0.05, 0.1) is 27.7 Å². The molecule has 22 heavy (non-hydrogen) atoms. The number of nitrogens with one attached hydrogen (secondary N) is 2. The summed E-state index contributed by atoms with van der Waals surface area (Å²) in [4.78, 5) is 9.32. The van der Waals surface area contributed by atoms with Crippen LogP contribution in [0.1, 0.15) is 6.42 Å². The smallest absolute Gasteiger partial charge is 0.211 e. The lowest BCUT2D eigenvalue weighted by Crippen LogP contribution is -3.05. The molecule has 0 aliphatic heterocycles. The van der Waals surface area contributed by atoms with Gasteiger partial charge in [0, 0.05) is 23.1 Å². The fourth-order valence-electron chi connectivity index (χ4n) is 2.31. The Morgan fingerprint density at radius 2 is 2.14 bits per heavy atom. The number of rotatable bonds is 6. The second-order valence-corrected chi connectivity index (χ2v) is 6.55. The normalized spacial score (nSPS) is 11.6. The van der Waals surface area contributed by atoms with E-state index in [1.54, 1.807) is 18.9 Å². The molecule has 3 aromatic rings. The summed E-state index contributed by atoms with van der Waals surface area (Å²) in [5, 5.41) is 10.3. The maximum Gasteiger partial charge on any atom is 0.211 e. The van der Waals surface area contributed by atoms with Crippen molar-refractivity contribution in [3.63, 3.8) is 0 Å². The maximum atomic E-state index is 5.26. The van der Waals surface area contributed by atoms with Gasteiger partial charge < -0.3 is 14.6 Å². The molecule has 6 nitrogen and oxygen atoms in total. The lowest BCUT2D eigenvalue weighted by Gasteiger charge is -2.05. The molecule has 0 bridgehead atoms. The number of aromatic nitrogens is 4. The highest BCUT2D eigenvalue weighted by atomic mass is 32.2. The molecule has 0 amide bonds. The monoisotopic (exact) mass is 318 g/mol. The molecule has 2 heterocycles. The van der Waals surface area contributed by atoms with Crippen molar-refractivity contribution in [3.05, 3.63) is 18.2 Å². The van der Waals surface area contributed by atoms with Crippen molar-refractivity contribution in [2.75, 3.05) is 33.5 Å². The van der Waals surface area contributed by atoms with E-state index in [9.17, 15) is 0 Å². The van der Waals surface area contributed by atoms with Gasteiger partial charge >= 0.3 is 0 Å². The summed E-state index contributed by atoms with van der Waals surface area (Å²) < 4.78 is 5.26. The summed E-state index contributed by atoms with van der Waals surface area (Å²) in [6, 6.07) is 5.85. The molecule has 0 fully saturated rings. The summed E-state index contributed by atoms with van der Waals surface area (Å²) in [5.74, 6) is 1.81. The van der Waals surface area contributed by atoms with E-state index in [-0.39, 0.29) is 0 Å². The zero-order chi connectivity index (χ0) is 15.5. The van der Waals surface area contributed by atoms with E-state index in [1.807, 2.05) is 18.2 Å². The molecule has 1 aromatic carbocycles. The Bertz CT molecular complexity index is 786. The van der Waals surface area contributed by atoms with Gasteiger partial charge in [-0.25, -0.2) is 4.98 Å². The van der Waals surface area contributed by atoms with Crippen molar-refractivity contribution in [1.82, 2.24) is 20.2 Å². The standard InChI is InChI=1S/C15H19N5OS/c1-20(2)7-4-8-22-15-17-14-13(18-19-15)11-9-10(21-3)5-6-12(11)16-14/h5-6,9H,4,7-8H2,1-3H3,(H,16,17,19)/p+1. The number of hydrogen-bond acceptors (Lipinski definition) is 5. The van der Waals surface area contributed by atoms with Crippen LogP contribution in [-0.2, 0) is 0 Å². The highest BCUT2D eigenvalue weighted by Gasteiger charge is 2.10. The van der Waals surface area contributed by atoms with Gasteiger partial charge in [0.1, 0.15) is 11.3 Å². The van der Waals surface area contributed by atoms with Gasteiger partial charge in [0.25, 0.3) is 0 Å². The number of benzene rings is 1. The van der Waals surface area contributed by atoms with E-state index in [2.05, 4.69) is 34.3 Å². The minimum Gasteiger partial charge on any atom is -0.497 e. The van der Waals surface area contributed by atoms with Crippen molar-refractivity contribution in [2.45, 2.75) is 11.6 Å². The number of methoxy groups -OCH3 is 1. The Balaban J connectivity index is 1.82. The molecule has 0 aliphatic carbocycles. The van der Waals surface area contributed by atoms with E-state index in [4.69, 9.17) is 4.74 Å². The number of fused-ring (bicyclic) bond motifs is 3. The molecule has 0 unspecified atom stereocenters. The summed E-state index contributed by atoms with van der Waals surface area (Å²) in [6.45, 7) is 1.15. The van der Waals surface area contributed by atoms with Crippen LogP contribution in [0.4, 0.5) is 0 Å². The summed E-state index contributed by atoms with van der Waals surface area (Å²) in [7, 11) is 5.98. The molecule has 0 saturated heterocycles. The third-order valence-corrected chi connectivity index (χ3v) is 4.38. The second-order valence-electron chi connectivity index (χ2n) is 5.49. The molecule has 0 spiro atoms. The topological polar surface area (TPSA) is 68.1 Å². The molecule has 0 aliphatic rings. The fourth-order valence-corrected chi connectivity index (χ4v) is 3.04. The Hall–Kier alpha value is -1.86. The first-order chi connectivity index (χ1) is 10.7. The molecule has 2 N–H and O–H groups in total. The largest absolute Gasteiger partial charge is 0.497 e. The second kappa shape index (κ2) is 6.50. The Morgan fingerprint density at radius 3 is 2.91 bits per heavy atom. The molecule has 0 radical (unpaired) electrons. The molecular weight excluding hydrogens is 298 g/mol. The van der Waals surface area contributed by atoms with Crippen LogP contribution in [0.2, 0.25) is 0 Å². The number of aromatic amines is 1. The zero-order valence-corrected chi connectivity index (χ0v) is 13.8. The van der Waals surface area contributed by atoms with Crippen molar-refractivity contribution < 1.29 is 9.64 Å². The Morgan fingerprint density at radius 1 is 1.27 bits per heavy atom. The van der Waals surface area contributed by atoms with Crippen LogP contribution in [0, 0.1) is 0 Å². The van der Waals surface area contributed by atoms with Crippen LogP contribution >= 0.6 is 11.8 Å². The first-order valence-corrected chi connectivity index (χ1v) is 8.28. The minimum absolute atomic E-state index is 0.722. The minimum atomic E-state index is 0.722. The lowest BCUT2D eigenvalue weighted by atomic mass is 10.2. The van der Waals surface area contributed by atoms with E-state index >= 15 is 0 Å². The van der Waals surface area contributed by atoms with Crippen LogP contribution in [0.3, 0.4) is 0 Å². The molecule has 2 aromatic heterocycles. The van der Waals surface area contributed by atoms with Crippen LogP contribution < -0.4 is 9.64 Å². The van der Waals surface area contributed by atoms with Crippen LogP contribution in [0.25, 0.3) is 22.1 Å². The number of H-pyrrole nitrogens is 1. The number of quaternary nitrogens is 1. The summed E-state index contributed by atoms with van der Waals surface area (Å²) in [5.41, 5.74) is 2.56. The lowest BCUT2D eigenvalue weighted by molar-refractivity contribution is -0.858. The van der Waals surface area contributed by atoms with Gasteiger partial charge in [-0.2, -0.15) is 0 Å². The predicted octanol–water partition coefficient (Wildman–Crippen LogP) is 1.14. The van der Waals surface area contributed by atoms with Crippen molar-refractivity contribution >= 4 is 33.8 Å². The van der Waals surface area contributed by atoms with Gasteiger partial charge in [-0.05, 0) is 18.2 Å². The van der Waals surface area contributed by atoms with E-state index in [1.165, 1.54) is 4.90 Å². The summed E-state index contributed by atoms with van der Waals surface area (Å²) >= 11 is 1.65. The SMILES string of the molecule is COc1ccc2[nH]c3nc(SCCC[NH+](C)C)nnc3c2c1. The Kier molecular flexibility index (Phi) is 4.44. The van der Waals surface area contributed by atoms with Crippen molar-refractivity contribution in [3.8, 4) is 5.75 Å². The number of ether oxygens (including phenoxy) is 1. The average molecular weight is 318 g/mol. The fraction of sp³-hybridized carbons (Fsp3) is 0.400. The van der Waals surface area contributed by atoms with Crippen LogP contribution in [0.5, 0.6) is 5.75 Å². The number of hydrogen-bond donors (Lipinski definition) is 2. The highest BCUT2D eigenvalue weighted by molar-refractivity contribution is 7.99. The molecule has 3 rings (SSSR count). The van der Waals surface area contributed by atoms with Crippen molar-refractivity contribution in [1.29, 1.82) is 0 Å². The van der Waals surface area contributed by atoms with E-state index in [0.29, 0.717) is 0 Å². The van der Waals surface area contributed by atoms with Gasteiger partial charge in [0.2, 0.25) is 5.16 Å². The first-order valence-electron chi connectivity index (χ1n) is 7.29. The van der Waals surface area contributed by atoms with Gasteiger partial charge in [-0.15, -0.1) is 10.2 Å². The molecule has 7 heteroatoms. The van der Waals surface area contributed by atoms with E-state index in [0.717, 1.165) is 51.7 Å². The Labute approximate surface area is 133 Å². The van der Waals surface area contributed by atoms with Gasteiger partial charge in [0.15, 0.2) is 5.65 Å². The third-order valence-electron chi connectivity index (χ3n) is 3.45. The maximum absolute atomic E-state index is 5.26. The van der Waals surface area contributed by atoms with Gasteiger partial charge in [-0.1, -0.05) is 11.8 Å². The highest BCUT2D eigenvalue weighted by Crippen LogP contribution is 2.27. The molecular formula is C15H20N5OS+. The van der Waals surface area contributed by atoms with E-state index < -0.39 is 0 Å². The summed E-state index contributed by atoms with van der Waals surface area (Å²) in [6.07, 6.45) is 1.14. The first kappa shape index (κ1) is 15.1. The third kappa shape index (κ3) is 3.15. The number of thioether (sulfide) groups is 1. The van der Waals surface area contributed by atoms with Gasteiger partial charge in [-0.3, -0.25) is 0 Å². The predicted molar refractivity (Wildman–Crippen MR) is 88.8 cm³/mol. The molecule has 116 valence electrons. The number of nitrogens with zero attached hydrogens (tertiary/aromatic N) is 3. The molecule has 0 saturated carbocycles. The average Bonchev–Trinajstić information content (AvgIpc) is 2.88. The van der Waals surface area contributed by atoms with Crippen LogP contribution in [0.15, 0.2) is 23.4 Å².